The van der Waals surface area contributed by atoms with Crippen molar-refractivity contribution in [3.05, 3.63) is 70.9 Å². The molecule has 1 heterocycles. The number of carbonyl (C=O) groups excluding carboxylic acids is 1. The van der Waals surface area contributed by atoms with Crippen molar-refractivity contribution in [1.29, 1.82) is 0 Å². The van der Waals surface area contributed by atoms with Gasteiger partial charge in [0, 0.05) is 0 Å². The highest BCUT2D eigenvalue weighted by Crippen LogP contribution is 2.32. The Hall–Kier alpha value is -3.72. The third-order valence-electron chi connectivity index (χ3n) is 3.61. The molecule has 0 radical (unpaired) electrons. The van der Waals surface area contributed by atoms with Crippen LogP contribution in [0.15, 0.2) is 53.8 Å². The van der Waals surface area contributed by atoms with E-state index in [4.69, 9.17) is 21.1 Å². The van der Waals surface area contributed by atoms with Gasteiger partial charge in [-0.3, -0.25) is 4.79 Å². The number of ether oxygens (including phenoxy) is 2. The molecule has 2 aromatic carbocycles. The van der Waals surface area contributed by atoms with Crippen LogP contribution in [0.4, 0.5) is 4.39 Å². The molecule has 2 N–H and O–H groups in total. The lowest BCUT2D eigenvalue weighted by molar-refractivity contribution is 0.0952. The number of nitrogens with one attached hydrogen (secondary N) is 1. The first-order valence-electron chi connectivity index (χ1n) is 8.13. The molecular weight excluding hydrogens is 403 g/mol. The first-order chi connectivity index (χ1) is 14.0. The number of hydrogen-bond donors (Lipinski definition) is 2. The molecular formula is C19H14ClFN4O4. The van der Waals surface area contributed by atoms with Gasteiger partial charge in [0.15, 0.2) is 11.5 Å². The van der Waals surface area contributed by atoms with Gasteiger partial charge in [-0.1, -0.05) is 12.1 Å². The van der Waals surface area contributed by atoms with Crippen molar-refractivity contribution in [2.45, 2.75) is 0 Å². The van der Waals surface area contributed by atoms with Crippen LogP contribution in [-0.2, 0) is 0 Å². The molecule has 1 amide bonds. The van der Waals surface area contributed by atoms with E-state index in [0.29, 0.717) is 5.56 Å². The minimum absolute atomic E-state index is 0.0940. The first kappa shape index (κ1) is 20.0. The quantitative estimate of drug-likeness (QED) is 0.361. The van der Waals surface area contributed by atoms with Gasteiger partial charge in [-0.25, -0.2) is 10.4 Å². The maximum Gasteiger partial charge on any atom is 0.275 e. The normalized spacial score (nSPS) is 10.7. The molecule has 0 saturated heterocycles. The number of aromatic hydroxyl groups is 1. The van der Waals surface area contributed by atoms with Crippen LogP contribution in [0.5, 0.6) is 23.1 Å². The fourth-order valence-electron chi connectivity index (χ4n) is 2.25. The highest BCUT2D eigenvalue weighted by Gasteiger charge is 2.13. The first-order valence-corrected chi connectivity index (χ1v) is 8.51. The summed E-state index contributed by atoms with van der Waals surface area (Å²) in [6.07, 6.45) is 2.26. The lowest BCUT2D eigenvalue weighted by Crippen LogP contribution is -2.17. The topological polar surface area (TPSA) is 106 Å². The number of methoxy groups -OCH3 is 1. The number of aromatic nitrogens is 2. The van der Waals surface area contributed by atoms with Gasteiger partial charge in [0.05, 0.1) is 25.1 Å². The Kier molecular flexibility index (Phi) is 6.20. The summed E-state index contributed by atoms with van der Waals surface area (Å²) in [6, 6.07) is 10.8. The van der Waals surface area contributed by atoms with Crippen molar-refractivity contribution < 1.29 is 23.8 Å². The smallest absolute Gasteiger partial charge is 0.275 e. The molecule has 10 heteroatoms. The highest BCUT2D eigenvalue weighted by atomic mass is 35.5. The summed E-state index contributed by atoms with van der Waals surface area (Å²) in [6.45, 7) is 0. The summed E-state index contributed by atoms with van der Waals surface area (Å²) in [5.74, 6) is -1.39. The van der Waals surface area contributed by atoms with Crippen LogP contribution >= 0.6 is 11.6 Å². The van der Waals surface area contributed by atoms with Crippen LogP contribution in [0, 0.1) is 5.82 Å². The summed E-state index contributed by atoms with van der Waals surface area (Å²) in [5, 5.41) is 13.3. The number of para-hydroxylation sites is 1. The summed E-state index contributed by atoms with van der Waals surface area (Å²) >= 11 is 5.65. The maximum absolute atomic E-state index is 13.8. The zero-order chi connectivity index (χ0) is 20.8. The number of carbonyl (C=O) groups is 1. The molecule has 148 valence electrons. The molecule has 0 aliphatic carbocycles. The third kappa shape index (κ3) is 4.96. The lowest BCUT2D eigenvalue weighted by Gasteiger charge is -2.10. The van der Waals surface area contributed by atoms with E-state index in [1.54, 1.807) is 24.3 Å². The number of phenolic OH excluding ortho intramolecular Hbond substituents is 1. The molecule has 3 rings (SSSR count). The Labute approximate surface area is 169 Å². The second-order valence-electron chi connectivity index (χ2n) is 5.52. The summed E-state index contributed by atoms with van der Waals surface area (Å²) in [7, 11) is 1.41. The van der Waals surface area contributed by atoms with Crippen LogP contribution in [0.2, 0.25) is 5.28 Å². The van der Waals surface area contributed by atoms with Crippen LogP contribution in [0.25, 0.3) is 0 Å². The van der Waals surface area contributed by atoms with Gasteiger partial charge in [0.1, 0.15) is 5.75 Å². The van der Waals surface area contributed by atoms with E-state index in [2.05, 4.69) is 20.5 Å². The van der Waals surface area contributed by atoms with Crippen molar-refractivity contribution in [2.75, 3.05) is 7.11 Å². The van der Waals surface area contributed by atoms with Crippen LogP contribution < -0.4 is 14.9 Å². The number of amides is 1. The lowest BCUT2D eigenvalue weighted by atomic mass is 10.2. The van der Waals surface area contributed by atoms with Crippen molar-refractivity contribution in [1.82, 2.24) is 15.4 Å². The molecule has 8 nitrogen and oxygen atoms in total. The predicted molar refractivity (Wildman–Crippen MR) is 103 cm³/mol. The summed E-state index contributed by atoms with van der Waals surface area (Å²) < 4.78 is 24.4. The van der Waals surface area contributed by atoms with E-state index >= 15 is 0 Å². The summed E-state index contributed by atoms with van der Waals surface area (Å²) in [5.41, 5.74) is 2.97. The molecule has 0 fully saturated rings. The van der Waals surface area contributed by atoms with Crippen LogP contribution in [0.3, 0.4) is 0 Å². The Morgan fingerprint density at radius 2 is 2.07 bits per heavy atom. The fraction of sp³-hybridized carbons (Fsp3) is 0.0526. The fourth-order valence-corrected chi connectivity index (χ4v) is 2.37. The monoisotopic (exact) mass is 416 g/mol. The largest absolute Gasteiger partial charge is 0.507 e. The molecule has 0 aliphatic rings. The molecule has 29 heavy (non-hydrogen) atoms. The number of halogens is 2. The number of rotatable bonds is 6. The van der Waals surface area contributed by atoms with Gasteiger partial charge < -0.3 is 14.6 Å². The van der Waals surface area contributed by atoms with E-state index in [1.165, 1.54) is 31.5 Å². The average Bonchev–Trinajstić information content (AvgIpc) is 2.71. The van der Waals surface area contributed by atoms with Gasteiger partial charge in [0.2, 0.25) is 11.1 Å². The van der Waals surface area contributed by atoms with E-state index in [-0.39, 0.29) is 34.0 Å². The number of benzene rings is 2. The predicted octanol–water partition coefficient (Wildman–Crippen LogP) is 3.54. The van der Waals surface area contributed by atoms with Gasteiger partial charge >= 0.3 is 0 Å². The summed E-state index contributed by atoms with van der Waals surface area (Å²) in [4.78, 5) is 19.2. The van der Waals surface area contributed by atoms with Crippen molar-refractivity contribution in [3.8, 4) is 23.1 Å². The zero-order valence-corrected chi connectivity index (χ0v) is 15.7. The van der Waals surface area contributed by atoms with Gasteiger partial charge in [-0.15, -0.1) is 0 Å². The van der Waals surface area contributed by atoms with Crippen molar-refractivity contribution >= 4 is 23.7 Å². The molecule has 1 aromatic heterocycles. The zero-order valence-electron chi connectivity index (χ0n) is 15.0. The highest BCUT2D eigenvalue weighted by molar-refractivity contribution is 6.28. The second-order valence-corrected chi connectivity index (χ2v) is 5.86. The van der Waals surface area contributed by atoms with E-state index < -0.39 is 11.7 Å². The molecule has 0 spiro atoms. The Morgan fingerprint density at radius 1 is 1.28 bits per heavy atom. The number of hydrogen-bond acceptors (Lipinski definition) is 7. The standard InChI is InChI=1S/C19H14ClFN4O4/c1-28-16-8-11(9-23-25-17(27)12-4-2-3-5-14(12)26)6-7-15(16)29-18-13(21)10-22-19(20)24-18/h2-10,26H,1H3,(H,25,27). The van der Waals surface area contributed by atoms with Gasteiger partial charge in [-0.05, 0) is 47.5 Å². The van der Waals surface area contributed by atoms with Gasteiger partial charge in [0.25, 0.3) is 11.8 Å². The van der Waals surface area contributed by atoms with Crippen molar-refractivity contribution in [3.63, 3.8) is 0 Å². The van der Waals surface area contributed by atoms with Gasteiger partial charge in [-0.2, -0.15) is 14.5 Å². The minimum Gasteiger partial charge on any atom is -0.507 e. The Morgan fingerprint density at radius 3 is 2.83 bits per heavy atom. The SMILES string of the molecule is COc1cc(C=NNC(=O)c2ccccc2O)ccc1Oc1nc(Cl)ncc1F. The van der Waals surface area contributed by atoms with Crippen LogP contribution in [-0.4, -0.2) is 34.3 Å². The Balaban J connectivity index is 1.73. The number of hydrazone groups is 1. The van der Waals surface area contributed by atoms with E-state index in [9.17, 15) is 14.3 Å². The molecule has 3 aromatic rings. The second kappa shape index (κ2) is 8.98. The molecule has 0 bridgehead atoms. The minimum atomic E-state index is -0.783. The maximum atomic E-state index is 13.8. The third-order valence-corrected chi connectivity index (χ3v) is 3.79. The molecule has 0 saturated carbocycles. The number of phenols is 1. The van der Waals surface area contributed by atoms with Crippen molar-refractivity contribution in [2.24, 2.45) is 5.10 Å². The average molecular weight is 417 g/mol. The molecule has 0 unspecified atom stereocenters. The van der Waals surface area contributed by atoms with Crippen LogP contribution in [0.1, 0.15) is 15.9 Å². The molecule has 0 atom stereocenters. The van der Waals surface area contributed by atoms with E-state index in [0.717, 1.165) is 6.20 Å². The van der Waals surface area contributed by atoms with E-state index in [1.807, 2.05) is 0 Å². The number of nitrogens with zero attached hydrogens (tertiary/aromatic N) is 3. The molecule has 0 aliphatic heterocycles. The Bertz CT molecular complexity index is 1080.